The highest BCUT2D eigenvalue weighted by Crippen LogP contribution is 2.18. The molecule has 124 valence electrons. The first-order valence-corrected chi connectivity index (χ1v) is 8.07. The third-order valence-corrected chi connectivity index (χ3v) is 3.86. The molecule has 1 fully saturated rings. The summed E-state index contributed by atoms with van der Waals surface area (Å²) in [7, 11) is 0. The molecule has 1 aliphatic rings. The topological polar surface area (TPSA) is 116 Å². The molecule has 1 heterocycles. The minimum absolute atomic E-state index is 0.111. The Kier molecular flexibility index (Phi) is 6.10. The first-order chi connectivity index (χ1) is 11.0. The molecule has 1 aromatic rings. The maximum absolute atomic E-state index is 11.6. The summed E-state index contributed by atoms with van der Waals surface area (Å²) in [5.41, 5.74) is 0. The van der Waals surface area contributed by atoms with Gasteiger partial charge >= 0.3 is 0 Å². The van der Waals surface area contributed by atoms with Gasteiger partial charge in [-0.3, -0.25) is 19.2 Å². The van der Waals surface area contributed by atoms with Crippen molar-refractivity contribution in [2.24, 2.45) is 0 Å². The highest BCUT2D eigenvalue weighted by Gasteiger charge is 2.23. The van der Waals surface area contributed by atoms with E-state index in [0.29, 0.717) is 4.88 Å². The molecule has 0 saturated heterocycles. The third-order valence-electron chi connectivity index (χ3n) is 2.99. The predicted molar refractivity (Wildman–Crippen MR) is 83.8 cm³/mol. The monoisotopic (exact) mass is 338 g/mol. The fourth-order valence-corrected chi connectivity index (χ4v) is 2.28. The maximum atomic E-state index is 11.6. The quantitative estimate of drug-likeness (QED) is 0.486. The van der Waals surface area contributed by atoms with Gasteiger partial charge in [-0.15, -0.1) is 11.3 Å². The van der Waals surface area contributed by atoms with Crippen molar-refractivity contribution in [1.29, 1.82) is 0 Å². The summed E-state index contributed by atoms with van der Waals surface area (Å²) in [5, 5.41) is 11.7. The fraction of sp³-hybridized carbons (Fsp3) is 0.429. The van der Waals surface area contributed by atoms with Gasteiger partial charge in [0.25, 0.3) is 5.91 Å². The van der Waals surface area contributed by atoms with Gasteiger partial charge in [0.1, 0.15) is 0 Å². The van der Waals surface area contributed by atoms with Gasteiger partial charge in [0, 0.05) is 6.04 Å². The Morgan fingerprint density at radius 3 is 2.13 bits per heavy atom. The van der Waals surface area contributed by atoms with Crippen LogP contribution < -0.4 is 21.3 Å². The second kappa shape index (κ2) is 8.28. The third kappa shape index (κ3) is 6.47. The fourth-order valence-electron chi connectivity index (χ4n) is 1.64. The molecule has 1 aromatic heterocycles. The van der Waals surface area contributed by atoms with Crippen LogP contribution in [0.15, 0.2) is 17.5 Å². The molecule has 0 bridgehead atoms. The standard InChI is InChI=1S/C14H18N4O4S/c19-11(16-8-13(21)18-9-3-4-9)6-15-12(20)7-17-14(22)10-2-1-5-23-10/h1-2,5,9H,3-4,6-8H2,(H,15,20)(H,16,19)(H,17,22)(H,18,21). The van der Waals surface area contributed by atoms with E-state index in [1.807, 2.05) is 0 Å². The first-order valence-electron chi connectivity index (χ1n) is 7.19. The lowest BCUT2D eigenvalue weighted by Gasteiger charge is -2.08. The van der Waals surface area contributed by atoms with Gasteiger partial charge in [-0.05, 0) is 24.3 Å². The SMILES string of the molecule is O=C(CNC(=O)CNC(=O)c1cccs1)NCC(=O)NC1CC1. The summed E-state index contributed by atoms with van der Waals surface area (Å²) in [4.78, 5) is 46.5. The summed E-state index contributed by atoms with van der Waals surface area (Å²) in [6, 6.07) is 3.63. The van der Waals surface area contributed by atoms with E-state index in [-0.39, 0.29) is 37.5 Å². The smallest absolute Gasteiger partial charge is 0.261 e. The first kappa shape index (κ1) is 16.9. The van der Waals surface area contributed by atoms with Gasteiger partial charge < -0.3 is 21.3 Å². The Bertz CT molecular complexity index is 584. The zero-order valence-corrected chi connectivity index (χ0v) is 13.2. The van der Waals surface area contributed by atoms with Crippen LogP contribution in [-0.2, 0) is 14.4 Å². The van der Waals surface area contributed by atoms with E-state index in [0.717, 1.165) is 12.8 Å². The van der Waals surface area contributed by atoms with Gasteiger partial charge in [0.15, 0.2) is 0 Å². The zero-order chi connectivity index (χ0) is 16.7. The largest absolute Gasteiger partial charge is 0.352 e. The number of carbonyl (C=O) groups is 4. The van der Waals surface area contributed by atoms with E-state index in [1.165, 1.54) is 11.3 Å². The molecule has 4 N–H and O–H groups in total. The van der Waals surface area contributed by atoms with Crippen LogP contribution in [0.1, 0.15) is 22.5 Å². The van der Waals surface area contributed by atoms with Gasteiger partial charge in [0.05, 0.1) is 24.5 Å². The van der Waals surface area contributed by atoms with Crippen LogP contribution in [0.3, 0.4) is 0 Å². The van der Waals surface area contributed by atoms with Crippen LogP contribution in [-0.4, -0.2) is 49.3 Å². The van der Waals surface area contributed by atoms with Crippen molar-refractivity contribution in [3.8, 4) is 0 Å². The van der Waals surface area contributed by atoms with Crippen LogP contribution in [0.2, 0.25) is 0 Å². The number of rotatable bonds is 8. The van der Waals surface area contributed by atoms with Crippen molar-refractivity contribution in [2.75, 3.05) is 19.6 Å². The molecule has 1 aliphatic carbocycles. The Labute approximate surface area is 137 Å². The lowest BCUT2D eigenvalue weighted by molar-refractivity contribution is -0.127. The number of hydrogen-bond donors (Lipinski definition) is 4. The van der Waals surface area contributed by atoms with Crippen molar-refractivity contribution >= 4 is 35.0 Å². The molecular weight excluding hydrogens is 320 g/mol. The van der Waals surface area contributed by atoms with Gasteiger partial charge in [-0.2, -0.15) is 0 Å². The Morgan fingerprint density at radius 1 is 0.957 bits per heavy atom. The molecule has 9 heteroatoms. The molecule has 0 radical (unpaired) electrons. The van der Waals surface area contributed by atoms with Gasteiger partial charge in [0.2, 0.25) is 17.7 Å². The molecule has 8 nitrogen and oxygen atoms in total. The van der Waals surface area contributed by atoms with Crippen molar-refractivity contribution < 1.29 is 19.2 Å². The van der Waals surface area contributed by atoms with Crippen molar-refractivity contribution in [2.45, 2.75) is 18.9 Å². The predicted octanol–water partition coefficient (Wildman–Crippen LogP) is -1.01. The number of carbonyl (C=O) groups excluding carboxylic acids is 4. The van der Waals surface area contributed by atoms with Crippen LogP contribution >= 0.6 is 11.3 Å². The van der Waals surface area contributed by atoms with Crippen LogP contribution in [0, 0.1) is 0 Å². The minimum Gasteiger partial charge on any atom is -0.352 e. The van der Waals surface area contributed by atoms with E-state index in [2.05, 4.69) is 21.3 Å². The minimum atomic E-state index is -0.479. The van der Waals surface area contributed by atoms with Crippen molar-refractivity contribution in [1.82, 2.24) is 21.3 Å². The Balaban J connectivity index is 1.55. The molecule has 0 aromatic carbocycles. The number of amides is 4. The van der Waals surface area contributed by atoms with E-state index in [9.17, 15) is 19.2 Å². The van der Waals surface area contributed by atoms with Gasteiger partial charge in [-0.25, -0.2) is 0 Å². The number of hydrogen-bond acceptors (Lipinski definition) is 5. The summed E-state index contributed by atoms with van der Waals surface area (Å²) in [6.07, 6.45) is 1.96. The van der Waals surface area contributed by atoms with Crippen molar-refractivity contribution in [3.05, 3.63) is 22.4 Å². The second-order valence-corrected chi connectivity index (χ2v) is 6.00. The zero-order valence-electron chi connectivity index (χ0n) is 12.4. The summed E-state index contributed by atoms with van der Waals surface area (Å²) in [5.74, 6) is -1.52. The molecule has 0 aliphatic heterocycles. The lowest BCUT2D eigenvalue weighted by Crippen LogP contribution is -2.44. The molecule has 23 heavy (non-hydrogen) atoms. The van der Waals surface area contributed by atoms with Crippen molar-refractivity contribution in [3.63, 3.8) is 0 Å². The van der Waals surface area contributed by atoms with Crippen LogP contribution in [0.4, 0.5) is 0 Å². The highest BCUT2D eigenvalue weighted by atomic mass is 32.1. The molecule has 2 rings (SSSR count). The van der Waals surface area contributed by atoms with Crippen LogP contribution in [0.25, 0.3) is 0 Å². The number of thiophene rings is 1. The molecule has 0 unspecified atom stereocenters. The Hall–Kier alpha value is -2.42. The molecule has 0 atom stereocenters. The van der Waals surface area contributed by atoms with Gasteiger partial charge in [-0.1, -0.05) is 6.07 Å². The average molecular weight is 338 g/mol. The Morgan fingerprint density at radius 2 is 1.57 bits per heavy atom. The van der Waals surface area contributed by atoms with E-state index >= 15 is 0 Å². The molecule has 1 saturated carbocycles. The van der Waals surface area contributed by atoms with E-state index < -0.39 is 11.8 Å². The van der Waals surface area contributed by atoms with Crippen LogP contribution in [0.5, 0.6) is 0 Å². The normalized spacial score (nSPS) is 13.0. The number of nitrogens with one attached hydrogen (secondary N) is 4. The average Bonchev–Trinajstić information content (AvgIpc) is 3.16. The summed E-state index contributed by atoms with van der Waals surface area (Å²) < 4.78 is 0. The lowest BCUT2D eigenvalue weighted by atomic mass is 10.4. The molecular formula is C14H18N4O4S. The van der Waals surface area contributed by atoms with E-state index in [1.54, 1.807) is 17.5 Å². The summed E-state index contributed by atoms with van der Waals surface area (Å²) >= 11 is 1.27. The highest BCUT2D eigenvalue weighted by molar-refractivity contribution is 7.12. The maximum Gasteiger partial charge on any atom is 0.261 e. The second-order valence-electron chi connectivity index (χ2n) is 5.06. The summed E-state index contributed by atoms with van der Waals surface area (Å²) in [6.45, 7) is -0.573. The molecule has 0 spiro atoms. The molecule has 4 amide bonds. The van der Waals surface area contributed by atoms with E-state index in [4.69, 9.17) is 0 Å².